The Kier molecular flexibility index (Phi) is 4.64. The van der Waals surface area contributed by atoms with Crippen molar-refractivity contribution in [2.75, 3.05) is 6.54 Å². The number of nitro groups is 1. The SMILES string of the molecule is CCCNCc1cn(-c2cc(C)c(C)cc2[N+](=O)[O-])nn1. The molecule has 112 valence electrons. The summed E-state index contributed by atoms with van der Waals surface area (Å²) < 4.78 is 1.47. The first kappa shape index (κ1) is 15.1. The molecule has 1 heterocycles. The highest BCUT2D eigenvalue weighted by molar-refractivity contribution is 5.56. The van der Waals surface area contributed by atoms with Crippen LogP contribution in [0.25, 0.3) is 5.69 Å². The Morgan fingerprint density at radius 3 is 2.71 bits per heavy atom. The van der Waals surface area contributed by atoms with Gasteiger partial charge in [-0.1, -0.05) is 12.1 Å². The molecule has 0 spiro atoms. The molecule has 0 bridgehead atoms. The van der Waals surface area contributed by atoms with E-state index in [4.69, 9.17) is 0 Å². The fraction of sp³-hybridized carbons (Fsp3) is 0.429. The molecule has 0 aliphatic heterocycles. The quantitative estimate of drug-likeness (QED) is 0.501. The van der Waals surface area contributed by atoms with Crippen LogP contribution in [0.3, 0.4) is 0 Å². The van der Waals surface area contributed by atoms with Gasteiger partial charge in [0.15, 0.2) is 0 Å². The number of hydrogen-bond acceptors (Lipinski definition) is 5. The molecule has 0 saturated carbocycles. The van der Waals surface area contributed by atoms with Crippen molar-refractivity contribution in [1.29, 1.82) is 0 Å². The van der Waals surface area contributed by atoms with E-state index in [9.17, 15) is 10.1 Å². The maximum Gasteiger partial charge on any atom is 0.295 e. The van der Waals surface area contributed by atoms with Crippen LogP contribution in [0, 0.1) is 24.0 Å². The molecule has 21 heavy (non-hydrogen) atoms. The molecule has 0 amide bonds. The number of hydrogen-bond donors (Lipinski definition) is 1. The van der Waals surface area contributed by atoms with Gasteiger partial charge >= 0.3 is 0 Å². The maximum absolute atomic E-state index is 11.2. The van der Waals surface area contributed by atoms with Crippen molar-refractivity contribution in [2.45, 2.75) is 33.7 Å². The van der Waals surface area contributed by atoms with Gasteiger partial charge in [0.1, 0.15) is 5.69 Å². The van der Waals surface area contributed by atoms with E-state index in [1.54, 1.807) is 18.3 Å². The second-order valence-electron chi connectivity index (χ2n) is 5.01. The first-order valence-electron chi connectivity index (χ1n) is 6.91. The Morgan fingerprint density at radius 1 is 1.33 bits per heavy atom. The van der Waals surface area contributed by atoms with Crippen LogP contribution in [-0.2, 0) is 6.54 Å². The van der Waals surface area contributed by atoms with E-state index in [1.165, 1.54) is 4.68 Å². The number of aryl methyl sites for hydroxylation is 2. The fourth-order valence-corrected chi connectivity index (χ4v) is 2.01. The summed E-state index contributed by atoms with van der Waals surface area (Å²) >= 11 is 0. The van der Waals surface area contributed by atoms with Gasteiger partial charge in [-0.15, -0.1) is 5.10 Å². The molecule has 1 N–H and O–H groups in total. The van der Waals surface area contributed by atoms with Crippen molar-refractivity contribution in [1.82, 2.24) is 20.3 Å². The average molecular weight is 289 g/mol. The van der Waals surface area contributed by atoms with Crippen LogP contribution in [-0.4, -0.2) is 26.5 Å². The van der Waals surface area contributed by atoms with Gasteiger partial charge in [-0.25, -0.2) is 4.68 Å². The van der Waals surface area contributed by atoms with E-state index in [0.717, 1.165) is 29.8 Å². The van der Waals surface area contributed by atoms with E-state index in [0.29, 0.717) is 12.2 Å². The highest BCUT2D eigenvalue weighted by atomic mass is 16.6. The van der Waals surface area contributed by atoms with Crippen molar-refractivity contribution < 1.29 is 4.92 Å². The standard InChI is InChI=1S/C14H19N5O2/c1-4-5-15-8-12-9-18(17-16-12)13-6-10(2)11(3)7-14(13)19(20)21/h6-7,9,15H,4-5,8H2,1-3H3. The van der Waals surface area contributed by atoms with Crippen LogP contribution < -0.4 is 5.32 Å². The van der Waals surface area contributed by atoms with Gasteiger partial charge in [0.25, 0.3) is 5.69 Å². The third kappa shape index (κ3) is 3.43. The first-order valence-corrected chi connectivity index (χ1v) is 6.91. The van der Waals surface area contributed by atoms with Crippen molar-refractivity contribution >= 4 is 5.69 Å². The predicted octanol–water partition coefficient (Wildman–Crippen LogP) is 2.29. The molecule has 0 fully saturated rings. The van der Waals surface area contributed by atoms with E-state index in [2.05, 4.69) is 22.6 Å². The molecular weight excluding hydrogens is 270 g/mol. The summed E-state index contributed by atoms with van der Waals surface area (Å²) in [4.78, 5) is 10.8. The first-order chi connectivity index (χ1) is 10.0. The zero-order valence-corrected chi connectivity index (χ0v) is 12.5. The van der Waals surface area contributed by atoms with Crippen LogP contribution >= 0.6 is 0 Å². The number of nitrogens with one attached hydrogen (secondary N) is 1. The largest absolute Gasteiger partial charge is 0.311 e. The van der Waals surface area contributed by atoms with Crippen LogP contribution in [0.5, 0.6) is 0 Å². The molecule has 0 saturated heterocycles. The number of benzene rings is 1. The van der Waals surface area contributed by atoms with E-state index in [-0.39, 0.29) is 5.69 Å². The minimum absolute atomic E-state index is 0.0380. The summed E-state index contributed by atoms with van der Waals surface area (Å²) in [5.74, 6) is 0. The Labute approximate surface area is 123 Å². The summed E-state index contributed by atoms with van der Waals surface area (Å²) in [6.45, 7) is 7.36. The van der Waals surface area contributed by atoms with Gasteiger partial charge < -0.3 is 5.32 Å². The lowest BCUT2D eigenvalue weighted by Gasteiger charge is -2.06. The Hall–Kier alpha value is -2.28. The van der Waals surface area contributed by atoms with E-state index >= 15 is 0 Å². The molecule has 0 aliphatic carbocycles. The van der Waals surface area contributed by atoms with Gasteiger partial charge in [-0.3, -0.25) is 10.1 Å². The molecular formula is C14H19N5O2. The van der Waals surface area contributed by atoms with Crippen LogP contribution in [0.1, 0.15) is 30.2 Å². The molecule has 7 heteroatoms. The molecule has 2 aromatic rings. The van der Waals surface area contributed by atoms with E-state index < -0.39 is 4.92 Å². The Balaban J connectivity index is 2.33. The highest BCUT2D eigenvalue weighted by Crippen LogP contribution is 2.26. The normalized spacial score (nSPS) is 10.8. The summed E-state index contributed by atoms with van der Waals surface area (Å²) in [7, 11) is 0. The lowest BCUT2D eigenvalue weighted by Crippen LogP contribution is -2.13. The third-order valence-corrected chi connectivity index (χ3v) is 3.31. The van der Waals surface area contributed by atoms with Gasteiger partial charge in [0.2, 0.25) is 0 Å². The molecule has 7 nitrogen and oxygen atoms in total. The third-order valence-electron chi connectivity index (χ3n) is 3.31. The Bertz CT molecular complexity index is 651. The molecule has 1 aromatic heterocycles. The number of rotatable bonds is 6. The molecule has 2 rings (SSSR count). The lowest BCUT2D eigenvalue weighted by molar-refractivity contribution is -0.384. The van der Waals surface area contributed by atoms with Crippen molar-refractivity contribution in [3.05, 3.63) is 45.3 Å². The number of nitrogens with zero attached hydrogens (tertiary/aromatic N) is 4. The topological polar surface area (TPSA) is 85.9 Å². The Morgan fingerprint density at radius 2 is 2.05 bits per heavy atom. The number of aromatic nitrogens is 3. The number of nitro benzene ring substituents is 1. The monoisotopic (exact) mass is 289 g/mol. The van der Waals surface area contributed by atoms with Gasteiger partial charge in [-0.2, -0.15) is 0 Å². The van der Waals surface area contributed by atoms with Crippen molar-refractivity contribution in [3.63, 3.8) is 0 Å². The summed E-state index contributed by atoms with van der Waals surface area (Å²) in [6, 6.07) is 3.34. The zero-order chi connectivity index (χ0) is 15.4. The summed E-state index contributed by atoms with van der Waals surface area (Å²) in [6.07, 6.45) is 2.76. The second-order valence-corrected chi connectivity index (χ2v) is 5.01. The van der Waals surface area contributed by atoms with Crippen LogP contribution in [0.4, 0.5) is 5.69 Å². The zero-order valence-electron chi connectivity index (χ0n) is 12.5. The molecule has 1 aromatic carbocycles. The minimum Gasteiger partial charge on any atom is -0.311 e. The van der Waals surface area contributed by atoms with Gasteiger partial charge in [0, 0.05) is 12.6 Å². The highest BCUT2D eigenvalue weighted by Gasteiger charge is 2.18. The van der Waals surface area contributed by atoms with Crippen LogP contribution in [0.2, 0.25) is 0 Å². The van der Waals surface area contributed by atoms with Crippen molar-refractivity contribution in [2.24, 2.45) is 0 Å². The summed E-state index contributed by atoms with van der Waals surface area (Å²) in [5, 5.41) is 22.5. The van der Waals surface area contributed by atoms with Gasteiger partial charge in [0.05, 0.1) is 16.8 Å². The van der Waals surface area contributed by atoms with E-state index in [1.807, 2.05) is 13.8 Å². The predicted molar refractivity (Wildman–Crippen MR) is 79.5 cm³/mol. The molecule has 0 unspecified atom stereocenters. The lowest BCUT2D eigenvalue weighted by atomic mass is 10.1. The maximum atomic E-state index is 11.2. The smallest absolute Gasteiger partial charge is 0.295 e. The molecule has 0 aliphatic rings. The molecule has 0 atom stereocenters. The van der Waals surface area contributed by atoms with Crippen molar-refractivity contribution in [3.8, 4) is 5.69 Å². The minimum atomic E-state index is -0.390. The van der Waals surface area contributed by atoms with Crippen LogP contribution in [0.15, 0.2) is 18.3 Å². The average Bonchev–Trinajstić information content (AvgIpc) is 2.90. The molecule has 0 radical (unpaired) electrons. The second kappa shape index (κ2) is 6.45. The fourth-order valence-electron chi connectivity index (χ4n) is 2.01. The van der Waals surface area contributed by atoms with Gasteiger partial charge in [-0.05, 0) is 44.0 Å². The summed E-state index contributed by atoms with van der Waals surface area (Å²) in [5.41, 5.74) is 3.11.